The van der Waals surface area contributed by atoms with Crippen LogP contribution >= 0.6 is 0 Å². The molecule has 27 heavy (non-hydrogen) atoms. The van der Waals surface area contributed by atoms with E-state index in [4.69, 9.17) is 9.47 Å². The maximum Gasteiger partial charge on any atom is 0.323 e. The van der Waals surface area contributed by atoms with Crippen molar-refractivity contribution in [3.8, 4) is 0 Å². The molecule has 1 atom stereocenters. The van der Waals surface area contributed by atoms with Crippen molar-refractivity contribution in [3.05, 3.63) is 76.9 Å². The lowest BCUT2D eigenvalue weighted by atomic mass is 9.66. The van der Waals surface area contributed by atoms with Gasteiger partial charge in [0.05, 0.1) is 14.2 Å². The van der Waals surface area contributed by atoms with Crippen molar-refractivity contribution in [1.29, 1.82) is 0 Å². The number of carbonyl (C=O) groups is 2. The second-order valence-electron chi connectivity index (χ2n) is 7.02. The Morgan fingerprint density at radius 2 is 1.70 bits per heavy atom. The van der Waals surface area contributed by atoms with Gasteiger partial charge in [-0.1, -0.05) is 66.2 Å². The van der Waals surface area contributed by atoms with E-state index in [1.54, 1.807) is 0 Å². The normalized spacial score (nSPS) is 18.0. The molecule has 2 aromatic rings. The van der Waals surface area contributed by atoms with Gasteiger partial charge in [-0.15, -0.1) is 0 Å². The second-order valence-corrected chi connectivity index (χ2v) is 7.02. The van der Waals surface area contributed by atoms with Gasteiger partial charge in [-0.05, 0) is 36.5 Å². The van der Waals surface area contributed by atoms with E-state index in [1.165, 1.54) is 14.2 Å². The van der Waals surface area contributed by atoms with Crippen LogP contribution in [-0.2, 0) is 25.5 Å². The van der Waals surface area contributed by atoms with Crippen molar-refractivity contribution in [2.45, 2.75) is 25.7 Å². The van der Waals surface area contributed by atoms with E-state index in [0.29, 0.717) is 6.42 Å². The Morgan fingerprint density at radius 1 is 1.04 bits per heavy atom. The molecule has 4 nitrogen and oxygen atoms in total. The fourth-order valence-electron chi connectivity index (χ4n) is 3.85. The molecule has 4 heteroatoms. The van der Waals surface area contributed by atoms with E-state index in [1.807, 2.05) is 55.5 Å². The summed E-state index contributed by atoms with van der Waals surface area (Å²) in [6, 6.07) is 16.1. The van der Waals surface area contributed by atoms with Crippen LogP contribution in [0, 0.1) is 12.3 Å². The van der Waals surface area contributed by atoms with Crippen LogP contribution in [0.1, 0.15) is 34.6 Å². The molecule has 0 bridgehead atoms. The molecule has 0 heterocycles. The number of hydrogen-bond acceptors (Lipinski definition) is 4. The number of allylic oxidation sites excluding steroid dienone is 1. The molecule has 0 spiro atoms. The first kappa shape index (κ1) is 18.9. The van der Waals surface area contributed by atoms with Crippen LogP contribution < -0.4 is 0 Å². The van der Waals surface area contributed by atoms with Crippen molar-refractivity contribution in [2.75, 3.05) is 14.2 Å². The molecular weight excluding hydrogens is 340 g/mol. The minimum Gasteiger partial charge on any atom is -0.468 e. The first-order valence-electron chi connectivity index (χ1n) is 8.99. The van der Waals surface area contributed by atoms with Crippen molar-refractivity contribution < 1.29 is 19.1 Å². The molecule has 0 aliphatic heterocycles. The average molecular weight is 364 g/mol. The van der Waals surface area contributed by atoms with E-state index in [9.17, 15) is 9.59 Å². The SMILES string of the molecule is COC(=O)C1(C(=O)OC)Cc2ccc(C)cc2C(/C=C/c2ccccc2)C1. The minimum atomic E-state index is -1.32. The zero-order valence-electron chi connectivity index (χ0n) is 15.9. The number of ether oxygens (including phenoxy) is 2. The summed E-state index contributed by atoms with van der Waals surface area (Å²) in [5.74, 6) is -1.18. The van der Waals surface area contributed by atoms with E-state index < -0.39 is 17.4 Å². The molecule has 0 fully saturated rings. The first-order chi connectivity index (χ1) is 13.0. The third-order valence-corrected chi connectivity index (χ3v) is 5.23. The van der Waals surface area contributed by atoms with Crippen LogP contribution in [0.2, 0.25) is 0 Å². The summed E-state index contributed by atoms with van der Waals surface area (Å²) < 4.78 is 10.0. The minimum absolute atomic E-state index is 0.0907. The number of methoxy groups -OCH3 is 2. The standard InChI is InChI=1S/C23H24O4/c1-16-9-11-18-14-23(21(24)26-2,22(25)27-3)15-19(20(18)13-16)12-10-17-7-5-4-6-8-17/h4-13,19H,14-15H2,1-3H3/b12-10+. The van der Waals surface area contributed by atoms with Crippen LogP contribution in [0.3, 0.4) is 0 Å². The van der Waals surface area contributed by atoms with Crippen molar-refractivity contribution in [1.82, 2.24) is 0 Å². The monoisotopic (exact) mass is 364 g/mol. The average Bonchev–Trinajstić information content (AvgIpc) is 2.71. The molecular formula is C23H24O4. The number of fused-ring (bicyclic) bond motifs is 1. The van der Waals surface area contributed by atoms with E-state index >= 15 is 0 Å². The Bertz CT molecular complexity index is 851. The Kier molecular flexibility index (Phi) is 5.45. The molecule has 0 N–H and O–H groups in total. The van der Waals surface area contributed by atoms with Gasteiger partial charge in [0.2, 0.25) is 0 Å². The van der Waals surface area contributed by atoms with E-state index in [-0.39, 0.29) is 12.3 Å². The fraction of sp³-hybridized carbons (Fsp3) is 0.304. The number of aryl methyl sites for hydroxylation is 1. The molecule has 1 aliphatic carbocycles. The molecule has 2 aromatic carbocycles. The maximum atomic E-state index is 12.6. The van der Waals surface area contributed by atoms with E-state index in [0.717, 1.165) is 22.3 Å². The predicted octanol–water partition coefficient (Wildman–Crippen LogP) is 4.07. The summed E-state index contributed by atoms with van der Waals surface area (Å²) in [5.41, 5.74) is 3.02. The van der Waals surface area contributed by atoms with Gasteiger partial charge < -0.3 is 9.47 Å². The quantitative estimate of drug-likeness (QED) is 0.606. The number of hydrogen-bond donors (Lipinski definition) is 0. The highest BCUT2D eigenvalue weighted by Crippen LogP contribution is 2.45. The van der Waals surface area contributed by atoms with Gasteiger partial charge in [-0.25, -0.2) is 0 Å². The van der Waals surface area contributed by atoms with Gasteiger partial charge in [0.1, 0.15) is 0 Å². The van der Waals surface area contributed by atoms with Gasteiger partial charge in [0.15, 0.2) is 5.41 Å². The molecule has 3 rings (SSSR count). The Morgan fingerprint density at radius 3 is 2.33 bits per heavy atom. The summed E-state index contributed by atoms with van der Waals surface area (Å²) in [4.78, 5) is 25.3. The van der Waals surface area contributed by atoms with Crippen LogP contribution in [0.25, 0.3) is 6.08 Å². The summed E-state index contributed by atoms with van der Waals surface area (Å²) in [6.07, 6.45) is 4.71. The zero-order chi connectivity index (χ0) is 19.4. The van der Waals surface area contributed by atoms with Gasteiger partial charge in [-0.3, -0.25) is 9.59 Å². The largest absolute Gasteiger partial charge is 0.468 e. The van der Waals surface area contributed by atoms with Crippen LogP contribution in [0.15, 0.2) is 54.6 Å². The molecule has 0 saturated carbocycles. The smallest absolute Gasteiger partial charge is 0.323 e. The molecule has 140 valence electrons. The lowest BCUT2D eigenvalue weighted by Crippen LogP contribution is -2.46. The number of carbonyl (C=O) groups excluding carboxylic acids is 2. The van der Waals surface area contributed by atoms with Crippen molar-refractivity contribution in [3.63, 3.8) is 0 Å². The summed E-state index contributed by atoms with van der Waals surface area (Å²) in [6.45, 7) is 2.04. The van der Waals surface area contributed by atoms with Crippen molar-refractivity contribution in [2.24, 2.45) is 5.41 Å². The van der Waals surface area contributed by atoms with Gasteiger partial charge in [-0.2, -0.15) is 0 Å². The second kappa shape index (κ2) is 7.78. The van der Waals surface area contributed by atoms with Crippen molar-refractivity contribution >= 4 is 18.0 Å². The Labute approximate surface area is 159 Å². The molecule has 1 unspecified atom stereocenters. The Balaban J connectivity index is 2.07. The van der Waals surface area contributed by atoms with E-state index in [2.05, 4.69) is 12.1 Å². The van der Waals surface area contributed by atoms with Crippen LogP contribution in [0.5, 0.6) is 0 Å². The lowest BCUT2D eigenvalue weighted by molar-refractivity contribution is -0.170. The third-order valence-electron chi connectivity index (χ3n) is 5.23. The van der Waals surface area contributed by atoms with Gasteiger partial charge in [0, 0.05) is 5.92 Å². The predicted molar refractivity (Wildman–Crippen MR) is 104 cm³/mol. The summed E-state index contributed by atoms with van der Waals surface area (Å²) in [7, 11) is 2.62. The van der Waals surface area contributed by atoms with Gasteiger partial charge in [0.25, 0.3) is 0 Å². The summed E-state index contributed by atoms with van der Waals surface area (Å²) in [5, 5.41) is 0. The number of rotatable bonds is 4. The Hall–Kier alpha value is -2.88. The lowest BCUT2D eigenvalue weighted by Gasteiger charge is -2.37. The van der Waals surface area contributed by atoms with Crippen LogP contribution in [-0.4, -0.2) is 26.2 Å². The summed E-state index contributed by atoms with van der Waals surface area (Å²) >= 11 is 0. The zero-order valence-corrected chi connectivity index (χ0v) is 15.9. The molecule has 0 saturated heterocycles. The molecule has 1 aliphatic rings. The topological polar surface area (TPSA) is 52.6 Å². The third kappa shape index (κ3) is 3.65. The maximum absolute atomic E-state index is 12.6. The highest BCUT2D eigenvalue weighted by molar-refractivity contribution is 6.01. The highest BCUT2D eigenvalue weighted by atomic mass is 16.5. The molecule has 0 amide bonds. The fourth-order valence-corrected chi connectivity index (χ4v) is 3.85. The molecule has 0 aromatic heterocycles. The van der Waals surface area contributed by atoms with Gasteiger partial charge >= 0.3 is 11.9 Å². The number of esters is 2. The molecule has 0 radical (unpaired) electrons. The van der Waals surface area contributed by atoms with Crippen LogP contribution in [0.4, 0.5) is 0 Å². The number of benzene rings is 2. The highest BCUT2D eigenvalue weighted by Gasteiger charge is 2.52. The first-order valence-corrected chi connectivity index (χ1v) is 8.99.